The van der Waals surface area contributed by atoms with Gasteiger partial charge in [-0.3, -0.25) is 0 Å². The molecular formula is C34H32O9. The molecule has 3 aromatic carbocycles. The molecule has 9 nitrogen and oxygen atoms in total. The fourth-order valence-corrected chi connectivity index (χ4v) is 3.34. The molecule has 0 aliphatic carbocycles. The van der Waals surface area contributed by atoms with Crippen LogP contribution in [0.15, 0.2) is 97.1 Å². The summed E-state index contributed by atoms with van der Waals surface area (Å²) in [7, 11) is 0. The van der Waals surface area contributed by atoms with E-state index in [1.54, 1.807) is 50.3 Å². The third-order valence-corrected chi connectivity index (χ3v) is 5.65. The SMILES string of the molecule is C=C(C)C(=O)OCCCOc1ccc(/C=C/C(=O)Oc2ccc(OC(=O)c3ccc(OC(=O)C(=C)C)cc3)cc2C)cc1. The smallest absolute Gasteiger partial charge is 0.343 e. The molecule has 0 aliphatic heterocycles. The molecule has 0 aliphatic rings. The Kier molecular flexibility index (Phi) is 11.6. The number of hydrogen-bond donors (Lipinski definition) is 0. The number of carbonyl (C=O) groups is 4. The zero-order valence-corrected chi connectivity index (χ0v) is 24.2. The quantitative estimate of drug-likeness (QED) is 0.100. The summed E-state index contributed by atoms with van der Waals surface area (Å²) < 4.78 is 26.6. The molecule has 0 radical (unpaired) electrons. The summed E-state index contributed by atoms with van der Waals surface area (Å²) in [6.07, 6.45) is 3.45. The Morgan fingerprint density at radius 1 is 0.721 bits per heavy atom. The maximum Gasteiger partial charge on any atom is 0.343 e. The van der Waals surface area contributed by atoms with Gasteiger partial charge in [-0.15, -0.1) is 0 Å². The highest BCUT2D eigenvalue weighted by Gasteiger charge is 2.13. The minimum Gasteiger partial charge on any atom is -0.493 e. The molecule has 3 rings (SSSR count). The van der Waals surface area contributed by atoms with Crippen molar-refractivity contribution in [3.05, 3.63) is 114 Å². The van der Waals surface area contributed by atoms with Gasteiger partial charge in [0, 0.05) is 23.6 Å². The Morgan fingerprint density at radius 3 is 1.98 bits per heavy atom. The van der Waals surface area contributed by atoms with E-state index in [9.17, 15) is 19.2 Å². The van der Waals surface area contributed by atoms with Crippen LogP contribution in [0.4, 0.5) is 0 Å². The normalized spacial score (nSPS) is 10.5. The van der Waals surface area contributed by atoms with Gasteiger partial charge in [0.2, 0.25) is 0 Å². The van der Waals surface area contributed by atoms with Crippen LogP contribution in [0.25, 0.3) is 6.08 Å². The van der Waals surface area contributed by atoms with Crippen molar-refractivity contribution in [1.82, 2.24) is 0 Å². The van der Waals surface area contributed by atoms with Crippen LogP contribution in [-0.2, 0) is 19.1 Å². The van der Waals surface area contributed by atoms with E-state index in [1.807, 2.05) is 0 Å². The van der Waals surface area contributed by atoms with Gasteiger partial charge < -0.3 is 23.7 Å². The van der Waals surface area contributed by atoms with Crippen molar-refractivity contribution in [3.8, 4) is 23.0 Å². The van der Waals surface area contributed by atoms with Crippen LogP contribution in [0, 0.1) is 6.92 Å². The molecule has 0 unspecified atom stereocenters. The van der Waals surface area contributed by atoms with Crippen LogP contribution in [0.1, 0.15) is 41.8 Å². The van der Waals surface area contributed by atoms with Gasteiger partial charge in [0.15, 0.2) is 0 Å². The van der Waals surface area contributed by atoms with Gasteiger partial charge in [-0.25, -0.2) is 19.2 Å². The highest BCUT2D eigenvalue weighted by Crippen LogP contribution is 2.25. The van der Waals surface area contributed by atoms with E-state index < -0.39 is 23.9 Å². The zero-order valence-electron chi connectivity index (χ0n) is 24.2. The summed E-state index contributed by atoms with van der Waals surface area (Å²) in [5.41, 5.74) is 2.22. The van der Waals surface area contributed by atoms with Crippen LogP contribution in [0.2, 0.25) is 0 Å². The number of hydrogen-bond acceptors (Lipinski definition) is 9. The molecule has 0 saturated heterocycles. The molecule has 0 amide bonds. The molecule has 43 heavy (non-hydrogen) atoms. The fraction of sp³-hybridized carbons (Fsp3) is 0.176. The van der Waals surface area contributed by atoms with Gasteiger partial charge in [-0.1, -0.05) is 25.3 Å². The van der Waals surface area contributed by atoms with Crippen LogP contribution < -0.4 is 18.9 Å². The molecule has 222 valence electrons. The highest BCUT2D eigenvalue weighted by molar-refractivity contribution is 5.92. The molecule has 0 N–H and O–H groups in total. The lowest BCUT2D eigenvalue weighted by Gasteiger charge is -2.09. The molecule has 0 atom stereocenters. The monoisotopic (exact) mass is 584 g/mol. The topological polar surface area (TPSA) is 114 Å². The van der Waals surface area contributed by atoms with E-state index in [0.29, 0.717) is 35.7 Å². The van der Waals surface area contributed by atoms with Crippen LogP contribution in [0.5, 0.6) is 23.0 Å². The van der Waals surface area contributed by atoms with Crippen molar-refractivity contribution in [3.63, 3.8) is 0 Å². The summed E-state index contributed by atoms with van der Waals surface area (Å²) >= 11 is 0. The first-order chi connectivity index (χ1) is 20.5. The zero-order chi connectivity index (χ0) is 31.4. The maximum atomic E-state index is 12.5. The molecule has 9 heteroatoms. The first-order valence-corrected chi connectivity index (χ1v) is 13.3. The predicted molar refractivity (Wildman–Crippen MR) is 160 cm³/mol. The van der Waals surface area contributed by atoms with Crippen molar-refractivity contribution >= 4 is 30.0 Å². The molecule has 0 fully saturated rings. The van der Waals surface area contributed by atoms with Gasteiger partial charge in [-0.05, 0) is 92.6 Å². The number of esters is 4. The molecule has 3 aromatic rings. The minimum absolute atomic E-state index is 0.244. The number of ether oxygens (including phenoxy) is 5. The van der Waals surface area contributed by atoms with Crippen molar-refractivity contribution in [2.24, 2.45) is 0 Å². The molecule has 0 heterocycles. The van der Waals surface area contributed by atoms with Gasteiger partial charge in [-0.2, -0.15) is 0 Å². The van der Waals surface area contributed by atoms with Gasteiger partial charge in [0.1, 0.15) is 23.0 Å². The van der Waals surface area contributed by atoms with Crippen LogP contribution in [0.3, 0.4) is 0 Å². The Labute approximate surface area is 250 Å². The molecule has 0 aromatic heterocycles. The highest BCUT2D eigenvalue weighted by atomic mass is 16.5. The summed E-state index contributed by atoms with van der Waals surface area (Å²) in [4.78, 5) is 47.9. The van der Waals surface area contributed by atoms with E-state index in [1.165, 1.54) is 49.4 Å². The average molecular weight is 585 g/mol. The van der Waals surface area contributed by atoms with Crippen molar-refractivity contribution in [1.29, 1.82) is 0 Å². The second kappa shape index (κ2) is 15.5. The second-order valence-electron chi connectivity index (χ2n) is 9.45. The predicted octanol–water partition coefficient (Wildman–Crippen LogP) is 6.20. The molecule has 0 bridgehead atoms. The molecular weight excluding hydrogens is 552 g/mol. The average Bonchev–Trinajstić information content (AvgIpc) is 2.98. The lowest BCUT2D eigenvalue weighted by atomic mass is 10.2. The van der Waals surface area contributed by atoms with E-state index in [0.717, 1.165) is 5.56 Å². The Hall–Kier alpha value is -5.44. The van der Waals surface area contributed by atoms with E-state index in [-0.39, 0.29) is 29.2 Å². The van der Waals surface area contributed by atoms with Crippen LogP contribution >= 0.6 is 0 Å². The fourth-order valence-electron chi connectivity index (χ4n) is 3.34. The van der Waals surface area contributed by atoms with Gasteiger partial charge in [0.25, 0.3) is 0 Å². The number of aryl methyl sites for hydroxylation is 1. The van der Waals surface area contributed by atoms with Crippen molar-refractivity contribution in [2.45, 2.75) is 27.2 Å². The van der Waals surface area contributed by atoms with E-state index in [4.69, 9.17) is 23.7 Å². The summed E-state index contributed by atoms with van der Waals surface area (Å²) in [5.74, 6) is -0.663. The first-order valence-electron chi connectivity index (χ1n) is 13.3. The van der Waals surface area contributed by atoms with Crippen LogP contribution in [-0.4, -0.2) is 37.1 Å². The third kappa shape index (κ3) is 10.5. The first kappa shape index (κ1) is 32.1. The minimum atomic E-state index is -0.606. The summed E-state index contributed by atoms with van der Waals surface area (Å²) in [6.45, 7) is 12.5. The van der Waals surface area contributed by atoms with Crippen molar-refractivity contribution < 1.29 is 42.9 Å². The largest absolute Gasteiger partial charge is 0.493 e. The van der Waals surface area contributed by atoms with Crippen molar-refractivity contribution in [2.75, 3.05) is 13.2 Å². The number of carbonyl (C=O) groups excluding carboxylic acids is 4. The van der Waals surface area contributed by atoms with E-state index >= 15 is 0 Å². The lowest BCUT2D eigenvalue weighted by molar-refractivity contribution is -0.139. The lowest BCUT2D eigenvalue weighted by Crippen LogP contribution is -2.10. The molecule has 0 spiro atoms. The Balaban J connectivity index is 1.46. The maximum absolute atomic E-state index is 12.5. The summed E-state index contributed by atoms with van der Waals surface area (Å²) in [5, 5.41) is 0. The number of benzene rings is 3. The number of rotatable bonds is 13. The standard InChI is InChI=1S/C34H32O9/c1-22(2)32(36)40-20-6-19-39-27-12-7-25(8-13-27)9-18-31(35)43-30-17-16-29(21-24(30)5)42-34(38)26-10-14-28(15-11-26)41-33(37)23(3)4/h7-18,21H,1,3,6,19-20H2,2,4-5H3/b18-9+. The van der Waals surface area contributed by atoms with Gasteiger partial charge in [0.05, 0.1) is 18.8 Å². The molecule has 0 saturated carbocycles. The third-order valence-electron chi connectivity index (χ3n) is 5.65. The Bertz CT molecular complexity index is 1530. The van der Waals surface area contributed by atoms with E-state index in [2.05, 4.69) is 13.2 Å². The second-order valence-corrected chi connectivity index (χ2v) is 9.45. The Morgan fingerprint density at radius 2 is 1.35 bits per heavy atom. The summed E-state index contributed by atoms with van der Waals surface area (Å²) in [6, 6.07) is 17.7. The van der Waals surface area contributed by atoms with Gasteiger partial charge >= 0.3 is 23.9 Å².